The fourth-order valence-electron chi connectivity index (χ4n) is 1.52. The second-order valence-electron chi connectivity index (χ2n) is 3.97. The third kappa shape index (κ3) is 5.06. The van der Waals surface area contributed by atoms with Gasteiger partial charge < -0.3 is 5.32 Å². The van der Waals surface area contributed by atoms with E-state index in [0.717, 1.165) is 0 Å². The average Bonchev–Trinajstić information content (AvgIpc) is 2.38. The van der Waals surface area contributed by atoms with E-state index in [2.05, 4.69) is 26.0 Å². The largest absolute Gasteiger partial charge is 0.351 e. The molecular formula is C11H14BrN3O5S. The number of nitro benzene ring substituents is 1. The molecule has 21 heavy (non-hydrogen) atoms. The molecule has 0 aliphatic carbocycles. The minimum atomic E-state index is -3.43. The highest BCUT2D eigenvalue weighted by molar-refractivity contribution is 9.10. The summed E-state index contributed by atoms with van der Waals surface area (Å²) in [5.41, 5.74) is -0.159. The van der Waals surface area contributed by atoms with Crippen LogP contribution in [0.3, 0.4) is 0 Å². The van der Waals surface area contributed by atoms with E-state index in [4.69, 9.17) is 0 Å². The number of benzene rings is 1. The van der Waals surface area contributed by atoms with Crippen LogP contribution >= 0.6 is 15.9 Å². The zero-order chi connectivity index (χ0) is 16.0. The molecule has 2 N–H and O–H groups in total. The summed E-state index contributed by atoms with van der Waals surface area (Å²) in [6.07, 6.45) is 0. The van der Waals surface area contributed by atoms with Crippen molar-refractivity contribution in [2.75, 3.05) is 18.8 Å². The second-order valence-corrected chi connectivity index (χ2v) is 6.69. The van der Waals surface area contributed by atoms with E-state index in [9.17, 15) is 23.3 Å². The number of hydrogen-bond donors (Lipinski definition) is 2. The molecule has 116 valence electrons. The third-order valence-electron chi connectivity index (χ3n) is 2.44. The Morgan fingerprint density at radius 2 is 2.10 bits per heavy atom. The molecule has 1 rings (SSSR count). The van der Waals surface area contributed by atoms with Crippen molar-refractivity contribution in [1.82, 2.24) is 10.0 Å². The molecule has 0 radical (unpaired) electrons. The summed E-state index contributed by atoms with van der Waals surface area (Å²) in [6.45, 7) is 1.83. The Balaban J connectivity index is 2.73. The molecule has 0 bridgehead atoms. The fourth-order valence-corrected chi connectivity index (χ4v) is 3.07. The lowest BCUT2D eigenvalue weighted by molar-refractivity contribution is -0.385. The number of hydrogen-bond acceptors (Lipinski definition) is 5. The number of amides is 1. The van der Waals surface area contributed by atoms with Gasteiger partial charge in [-0.05, 0) is 22.0 Å². The molecule has 0 spiro atoms. The van der Waals surface area contributed by atoms with Gasteiger partial charge in [0.1, 0.15) is 4.47 Å². The maximum atomic E-state index is 11.9. The quantitative estimate of drug-likeness (QED) is 0.541. The predicted octanol–water partition coefficient (Wildman–Crippen LogP) is 1.03. The molecular weight excluding hydrogens is 366 g/mol. The minimum Gasteiger partial charge on any atom is -0.351 e. The van der Waals surface area contributed by atoms with Gasteiger partial charge in [-0.3, -0.25) is 14.9 Å². The molecule has 0 heterocycles. The molecule has 1 aromatic carbocycles. The lowest BCUT2D eigenvalue weighted by Crippen LogP contribution is -2.34. The highest BCUT2D eigenvalue weighted by Crippen LogP contribution is 2.28. The number of nitrogens with zero attached hydrogens (tertiary/aromatic N) is 1. The molecule has 0 atom stereocenters. The van der Waals surface area contributed by atoms with E-state index >= 15 is 0 Å². The number of carbonyl (C=O) groups is 1. The molecule has 0 saturated heterocycles. The smallest absolute Gasteiger partial charge is 0.284 e. The van der Waals surface area contributed by atoms with Crippen LogP contribution in [0.5, 0.6) is 0 Å². The van der Waals surface area contributed by atoms with Crippen LogP contribution in [0.25, 0.3) is 0 Å². The van der Waals surface area contributed by atoms with Gasteiger partial charge in [-0.1, -0.05) is 13.0 Å². The number of sulfonamides is 1. The van der Waals surface area contributed by atoms with E-state index < -0.39 is 20.9 Å². The van der Waals surface area contributed by atoms with Crippen molar-refractivity contribution in [3.8, 4) is 0 Å². The lowest BCUT2D eigenvalue weighted by atomic mass is 10.2. The minimum absolute atomic E-state index is 0.0574. The summed E-state index contributed by atoms with van der Waals surface area (Å²) in [4.78, 5) is 22.1. The maximum absolute atomic E-state index is 11.9. The molecule has 0 saturated carbocycles. The van der Waals surface area contributed by atoms with Crippen LogP contribution in [0.4, 0.5) is 5.69 Å². The second kappa shape index (κ2) is 7.48. The molecule has 0 aliphatic rings. The summed E-state index contributed by atoms with van der Waals surface area (Å²) in [5, 5.41) is 13.2. The van der Waals surface area contributed by atoms with Crippen molar-refractivity contribution in [3.63, 3.8) is 0 Å². The highest BCUT2D eigenvalue weighted by atomic mass is 79.9. The van der Waals surface area contributed by atoms with Crippen molar-refractivity contribution in [1.29, 1.82) is 0 Å². The highest BCUT2D eigenvalue weighted by Gasteiger charge is 2.19. The Labute approximate surface area is 130 Å². The number of nitro groups is 1. The SMILES string of the molecule is CCNS(=O)(=O)CCNC(=O)c1cccc([N+](=O)[O-])c1Br. The van der Waals surface area contributed by atoms with Gasteiger partial charge in [0.25, 0.3) is 11.6 Å². The summed E-state index contributed by atoms with van der Waals surface area (Å²) < 4.78 is 25.1. The van der Waals surface area contributed by atoms with Crippen LogP contribution in [0, 0.1) is 10.1 Å². The Hall–Kier alpha value is -1.52. The molecule has 0 fully saturated rings. The van der Waals surface area contributed by atoms with E-state index in [1.165, 1.54) is 18.2 Å². The molecule has 0 unspecified atom stereocenters. The van der Waals surface area contributed by atoms with Crippen LogP contribution in [0.1, 0.15) is 17.3 Å². The van der Waals surface area contributed by atoms with Gasteiger partial charge in [0.15, 0.2) is 0 Å². The van der Waals surface area contributed by atoms with E-state index in [1.807, 2.05) is 0 Å². The van der Waals surface area contributed by atoms with Gasteiger partial charge in [-0.2, -0.15) is 0 Å². The van der Waals surface area contributed by atoms with E-state index in [0.29, 0.717) is 0 Å². The van der Waals surface area contributed by atoms with Crippen molar-refractivity contribution in [3.05, 3.63) is 38.3 Å². The molecule has 0 aliphatic heterocycles. The van der Waals surface area contributed by atoms with Crippen molar-refractivity contribution in [2.24, 2.45) is 0 Å². The monoisotopic (exact) mass is 379 g/mol. The van der Waals surface area contributed by atoms with E-state index in [-0.39, 0.29) is 34.6 Å². The molecule has 8 nitrogen and oxygen atoms in total. The normalized spacial score (nSPS) is 11.1. The number of rotatable bonds is 7. The predicted molar refractivity (Wildman–Crippen MR) is 80.6 cm³/mol. The molecule has 1 aromatic rings. The number of halogens is 1. The van der Waals surface area contributed by atoms with Crippen LogP contribution in [-0.2, 0) is 10.0 Å². The zero-order valence-electron chi connectivity index (χ0n) is 11.1. The molecule has 1 amide bonds. The Morgan fingerprint density at radius 3 is 2.67 bits per heavy atom. The van der Waals surface area contributed by atoms with Gasteiger partial charge in [0.05, 0.1) is 16.2 Å². The van der Waals surface area contributed by atoms with Gasteiger partial charge in [0.2, 0.25) is 10.0 Å². The first kappa shape index (κ1) is 17.5. The van der Waals surface area contributed by atoms with Gasteiger partial charge in [0, 0.05) is 19.2 Å². The topological polar surface area (TPSA) is 118 Å². The van der Waals surface area contributed by atoms with Crippen molar-refractivity contribution in [2.45, 2.75) is 6.92 Å². The summed E-state index contributed by atoms with van der Waals surface area (Å²) in [7, 11) is -3.43. The first-order chi connectivity index (χ1) is 9.78. The summed E-state index contributed by atoms with van der Waals surface area (Å²) in [5.74, 6) is -0.851. The van der Waals surface area contributed by atoms with Crippen LogP contribution < -0.4 is 10.0 Å². The third-order valence-corrected chi connectivity index (χ3v) is 4.74. The van der Waals surface area contributed by atoms with Gasteiger partial charge in [-0.15, -0.1) is 0 Å². The maximum Gasteiger partial charge on any atom is 0.284 e. The van der Waals surface area contributed by atoms with Crippen molar-refractivity contribution >= 4 is 37.5 Å². The van der Waals surface area contributed by atoms with Gasteiger partial charge in [-0.25, -0.2) is 13.1 Å². The lowest BCUT2D eigenvalue weighted by Gasteiger charge is -2.08. The van der Waals surface area contributed by atoms with Crippen LogP contribution in [0.15, 0.2) is 22.7 Å². The standard InChI is InChI=1S/C11H14BrN3O5S/c1-2-14-21(19,20)7-6-13-11(16)8-4-3-5-9(10(8)12)15(17)18/h3-5,14H,2,6-7H2,1H3,(H,13,16). The number of carbonyl (C=O) groups excluding carboxylic acids is 1. The molecule has 0 aromatic heterocycles. The fraction of sp³-hybridized carbons (Fsp3) is 0.364. The molecule has 10 heteroatoms. The number of nitrogens with one attached hydrogen (secondary N) is 2. The van der Waals surface area contributed by atoms with Crippen LogP contribution in [-0.4, -0.2) is 38.1 Å². The Kier molecular flexibility index (Phi) is 6.24. The summed E-state index contributed by atoms with van der Waals surface area (Å²) >= 11 is 3.01. The van der Waals surface area contributed by atoms with Gasteiger partial charge >= 0.3 is 0 Å². The Morgan fingerprint density at radius 1 is 1.43 bits per heavy atom. The summed E-state index contributed by atoms with van der Waals surface area (Å²) in [6, 6.07) is 4.05. The first-order valence-corrected chi connectivity index (χ1v) is 8.41. The van der Waals surface area contributed by atoms with Crippen molar-refractivity contribution < 1.29 is 18.1 Å². The first-order valence-electron chi connectivity index (χ1n) is 5.97. The average molecular weight is 380 g/mol. The van der Waals surface area contributed by atoms with Crippen LogP contribution in [0.2, 0.25) is 0 Å². The zero-order valence-corrected chi connectivity index (χ0v) is 13.5. The Bertz CT molecular complexity index is 647. The van der Waals surface area contributed by atoms with E-state index in [1.54, 1.807) is 6.92 Å².